The molecule has 1 amide bonds. The van der Waals surface area contributed by atoms with E-state index in [-0.39, 0.29) is 11.9 Å². The summed E-state index contributed by atoms with van der Waals surface area (Å²) in [6, 6.07) is 0.942. The average molecular weight is 220 g/mol. The summed E-state index contributed by atoms with van der Waals surface area (Å²) >= 11 is 0. The number of hydrogen-bond acceptors (Lipinski definition) is 3. The molecule has 1 atom stereocenters. The number of amides is 1. The molecule has 1 unspecified atom stereocenters. The lowest BCUT2D eigenvalue weighted by Crippen LogP contribution is -2.31. The van der Waals surface area contributed by atoms with Gasteiger partial charge in [-0.2, -0.15) is 0 Å². The second kappa shape index (κ2) is 3.90. The number of nitrogens with one attached hydrogen (secondary N) is 2. The predicted molar refractivity (Wildman–Crippen MR) is 58.8 cm³/mol. The lowest BCUT2D eigenvalue weighted by Gasteiger charge is -2.11. The topological polar surface area (TPSA) is 59.0 Å². The van der Waals surface area contributed by atoms with Crippen molar-refractivity contribution in [3.63, 3.8) is 0 Å². The number of rotatable bonds is 4. The molecule has 0 aromatic carbocycles. The summed E-state index contributed by atoms with van der Waals surface area (Å²) < 4.78 is 2.25. The molecule has 2 heterocycles. The van der Waals surface area contributed by atoms with Crippen LogP contribution in [0.2, 0.25) is 0 Å². The highest BCUT2D eigenvalue weighted by Crippen LogP contribution is 2.35. The second-order valence-electron chi connectivity index (χ2n) is 4.61. The Kier molecular flexibility index (Phi) is 2.40. The minimum atomic E-state index is 0.146. The van der Waals surface area contributed by atoms with Crippen molar-refractivity contribution in [2.24, 2.45) is 0 Å². The van der Waals surface area contributed by atoms with Crippen LogP contribution in [-0.4, -0.2) is 28.0 Å². The van der Waals surface area contributed by atoms with Gasteiger partial charge in [0, 0.05) is 37.8 Å². The Hall–Kier alpha value is -1.36. The zero-order chi connectivity index (χ0) is 11.0. The van der Waals surface area contributed by atoms with Gasteiger partial charge in [0.2, 0.25) is 5.91 Å². The van der Waals surface area contributed by atoms with E-state index in [1.165, 1.54) is 18.5 Å². The van der Waals surface area contributed by atoms with Gasteiger partial charge in [0.1, 0.15) is 0 Å². The van der Waals surface area contributed by atoms with Crippen LogP contribution in [0.25, 0.3) is 0 Å². The first-order valence-corrected chi connectivity index (χ1v) is 5.84. The van der Waals surface area contributed by atoms with E-state index < -0.39 is 0 Å². The SMILES string of the molecule is O=C1CC(NCc2cncn2C2CC2)CN1. The quantitative estimate of drug-likeness (QED) is 0.762. The number of nitrogens with zero attached hydrogens (tertiary/aromatic N) is 2. The third kappa shape index (κ3) is 1.95. The summed E-state index contributed by atoms with van der Waals surface area (Å²) in [6.45, 7) is 1.55. The van der Waals surface area contributed by atoms with Crippen LogP contribution in [0, 0.1) is 0 Å². The average Bonchev–Trinajstić information content (AvgIpc) is 2.86. The molecule has 2 N–H and O–H groups in total. The summed E-state index contributed by atoms with van der Waals surface area (Å²) in [4.78, 5) is 15.2. The van der Waals surface area contributed by atoms with Gasteiger partial charge in [-0.25, -0.2) is 4.98 Å². The number of carbonyl (C=O) groups is 1. The van der Waals surface area contributed by atoms with E-state index in [1.54, 1.807) is 0 Å². The largest absolute Gasteiger partial charge is 0.354 e. The van der Waals surface area contributed by atoms with Gasteiger partial charge in [0.05, 0.1) is 12.0 Å². The summed E-state index contributed by atoms with van der Waals surface area (Å²) in [6.07, 6.45) is 6.96. The molecule has 1 aliphatic carbocycles. The van der Waals surface area contributed by atoms with Gasteiger partial charge in [-0.15, -0.1) is 0 Å². The van der Waals surface area contributed by atoms with Crippen molar-refractivity contribution in [3.8, 4) is 0 Å². The molecule has 2 aliphatic rings. The fourth-order valence-electron chi connectivity index (χ4n) is 2.15. The molecule has 2 fully saturated rings. The summed E-state index contributed by atoms with van der Waals surface area (Å²) in [5.41, 5.74) is 1.22. The molecular formula is C11H16N4O. The van der Waals surface area contributed by atoms with Crippen LogP contribution in [0.15, 0.2) is 12.5 Å². The van der Waals surface area contributed by atoms with Gasteiger partial charge < -0.3 is 15.2 Å². The fraction of sp³-hybridized carbons (Fsp3) is 0.636. The predicted octanol–water partition coefficient (Wildman–Crippen LogP) is 0.196. The summed E-state index contributed by atoms with van der Waals surface area (Å²) in [7, 11) is 0. The molecule has 0 radical (unpaired) electrons. The van der Waals surface area contributed by atoms with E-state index in [2.05, 4.69) is 20.2 Å². The third-order valence-corrected chi connectivity index (χ3v) is 3.24. The van der Waals surface area contributed by atoms with Crippen molar-refractivity contribution in [2.45, 2.75) is 37.9 Å². The Labute approximate surface area is 94.2 Å². The molecule has 1 saturated carbocycles. The maximum atomic E-state index is 11.0. The molecule has 5 nitrogen and oxygen atoms in total. The van der Waals surface area contributed by atoms with Gasteiger partial charge in [0.25, 0.3) is 0 Å². The molecule has 5 heteroatoms. The third-order valence-electron chi connectivity index (χ3n) is 3.24. The summed E-state index contributed by atoms with van der Waals surface area (Å²) in [5, 5.41) is 6.22. The van der Waals surface area contributed by atoms with Crippen molar-refractivity contribution in [1.29, 1.82) is 0 Å². The Morgan fingerprint density at radius 1 is 1.56 bits per heavy atom. The smallest absolute Gasteiger partial charge is 0.221 e. The lowest BCUT2D eigenvalue weighted by atomic mass is 10.2. The van der Waals surface area contributed by atoms with E-state index in [0.29, 0.717) is 12.5 Å². The first-order chi connectivity index (χ1) is 7.83. The molecule has 3 rings (SSSR count). The zero-order valence-electron chi connectivity index (χ0n) is 9.15. The van der Waals surface area contributed by atoms with Gasteiger partial charge in [0.15, 0.2) is 0 Å². The molecule has 1 aliphatic heterocycles. The summed E-state index contributed by atoms with van der Waals surface area (Å²) in [5.74, 6) is 0.146. The Morgan fingerprint density at radius 2 is 2.44 bits per heavy atom. The van der Waals surface area contributed by atoms with Crippen LogP contribution in [0.4, 0.5) is 0 Å². The Morgan fingerprint density at radius 3 is 3.12 bits per heavy atom. The van der Waals surface area contributed by atoms with Gasteiger partial charge >= 0.3 is 0 Å². The fourth-order valence-corrected chi connectivity index (χ4v) is 2.15. The molecule has 1 saturated heterocycles. The van der Waals surface area contributed by atoms with Crippen LogP contribution < -0.4 is 10.6 Å². The van der Waals surface area contributed by atoms with E-state index in [4.69, 9.17) is 0 Å². The highest BCUT2D eigenvalue weighted by molar-refractivity contribution is 5.78. The molecule has 0 bridgehead atoms. The van der Waals surface area contributed by atoms with Crippen LogP contribution >= 0.6 is 0 Å². The van der Waals surface area contributed by atoms with Crippen molar-refractivity contribution in [1.82, 2.24) is 20.2 Å². The van der Waals surface area contributed by atoms with Crippen LogP contribution in [-0.2, 0) is 11.3 Å². The minimum Gasteiger partial charge on any atom is -0.354 e. The van der Waals surface area contributed by atoms with Crippen LogP contribution in [0.5, 0.6) is 0 Å². The molecule has 1 aromatic heterocycles. The minimum absolute atomic E-state index is 0.146. The van der Waals surface area contributed by atoms with Gasteiger partial charge in [-0.05, 0) is 12.8 Å². The first-order valence-electron chi connectivity index (χ1n) is 5.84. The number of imidazole rings is 1. The van der Waals surface area contributed by atoms with Crippen molar-refractivity contribution in [2.75, 3.05) is 6.54 Å². The monoisotopic (exact) mass is 220 g/mol. The molecular weight excluding hydrogens is 204 g/mol. The molecule has 16 heavy (non-hydrogen) atoms. The highest BCUT2D eigenvalue weighted by atomic mass is 16.1. The van der Waals surface area contributed by atoms with Crippen molar-refractivity contribution in [3.05, 3.63) is 18.2 Å². The standard InChI is InChI=1S/C11H16N4O/c16-11-3-8(4-14-11)13-6-10-5-12-7-15(10)9-1-2-9/h5,7-9,13H,1-4,6H2,(H,14,16). The number of carbonyl (C=O) groups excluding carboxylic acids is 1. The van der Waals surface area contributed by atoms with E-state index in [9.17, 15) is 4.79 Å². The van der Waals surface area contributed by atoms with Gasteiger partial charge in [-0.1, -0.05) is 0 Å². The first kappa shape index (κ1) is 9.84. The number of hydrogen-bond donors (Lipinski definition) is 2. The zero-order valence-corrected chi connectivity index (χ0v) is 9.15. The normalized spacial score (nSPS) is 24.8. The maximum absolute atomic E-state index is 11.0. The van der Waals surface area contributed by atoms with E-state index in [1.807, 2.05) is 12.5 Å². The van der Waals surface area contributed by atoms with E-state index >= 15 is 0 Å². The lowest BCUT2D eigenvalue weighted by molar-refractivity contribution is -0.119. The molecule has 86 valence electrons. The van der Waals surface area contributed by atoms with Crippen molar-refractivity contribution >= 4 is 5.91 Å². The maximum Gasteiger partial charge on any atom is 0.221 e. The molecule has 0 spiro atoms. The molecule has 1 aromatic rings. The van der Waals surface area contributed by atoms with Gasteiger partial charge in [-0.3, -0.25) is 4.79 Å². The Bertz CT molecular complexity index is 396. The van der Waals surface area contributed by atoms with Crippen LogP contribution in [0.3, 0.4) is 0 Å². The number of aromatic nitrogens is 2. The van der Waals surface area contributed by atoms with E-state index in [0.717, 1.165) is 13.1 Å². The van der Waals surface area contributed by atoms with Crippen LogP contribution in [0.1, 0.15) is 31.0 Å². The Balaban J connectivity index is 1.57. The highest BCUT2D eigenvalue weighted by Gasteiger charge is 2.26. The van der Waals surface area contributed by atoms with Crippen molar-refractivity contribution < 1.29 is 4.79 Å². The second-order valence-corrected chi connectivity index (χ2v) is 4.61.